The summed E-state index contributed by atoms with van der Waals surface area (Å²) in [7, 11) is 0. The Morgan fingerprint density at radius 1 is 0.839 bits per heavy atom. The van der Waals surface area contributed by atoms with E-state index in [0.29, 0.717) is 11.3 Å². The number of carbonyl (C=O) groups is 3. The lowest BCUT2D eigenvalue weighted by Crippen LogP contribution is -2.50. The van der Waals surface area contributed by atoms with Gasteiger partial charge in [0.2, 0.25) is 11.8 Å². The number of carbonyl (C=O) groups excluding carboxylic acids is 3. The Morgan fingerprint density at radius 3 is 1.94 bits per heavy atom. The molecule has 31 heavy (non-hydrogen) atoms. The van der Waals surface area contributed by atoms with Crippen molar-refractivity contribution in [2.45, 2.75) is 17.2 Å². The molecule has 4 nitrogen and oxygen atoms in total. The summed E-state index contributed by atoms with van der Waals surface area (Å²) in [5.74, 6) is -1.58. The molecular weight excluding hydrogens is 454 g/mol. The fourth-order valence-corrected chi connectivity index (χ4v) is 6.98. The van der Waals surface area contributed by atoms with Crippen LogP contribution in [0.5, 0.6) is 0 Å². The predicted molar refractivity (Wildman–Crippen MR) is 120 cm³/mol. The molecule has 1 heterocycles. The molecule has 1 saturated heterocycles. The Balaban J connectivity index is 1.55. The molecule has 4 aliphatic rings. The Labute approximate surface area is 188 Å². The van der Waals surface area contributed by atoms with Gasteiger partial charge in [0.15, 0.2) is 5.78 Å². The number of Topliss-reactive ketones (excluding diaryl/α,β-unsaturated/α-hetero) is 1. The molecule has 1 fully saturated rings. The minimum Gasteiger partial charge on any atom is -0.295 e. The van der Waals surface area contributed by atoms with E-state index >= 15 is 0 Å². The quantitative estimate of drug-likeness (QED) is 0.306. The highest BCUT2D eigenvalue weighted by Gasteiger charge is 2.67. The van der Waals surface area contributed by atoms with E-state index in [2.05, 4.69) is 40.2 Å². The van der Waals surface area contributed by atoms with E-state index in [0.717, 1.165) is 22.3 Å². The molecule has 2 atom stereocenters. The normalized spacial score (nSPS) is 27.7. The minimum atomic E-state index is -0.750. The maximum absolute atomic E-state index is 13.8. The van der Waals surface area contributed by atoms with Crippen molar-refractivity contribution in [3.05, 3.63) is 101 Å². The van der Waals surface area contributed by atoms with Gasteiger partial charge in [-0.15, -0.1) is 0 Å². The maximum Gasteiger partial charge on any atom is 0.239 e. The van der Waals surface area contributed by atoms with E-state index in [4.69, 9.17) is 0 Å². The van der Waals surface area contributed by atoms with Gasteiger partial charge in [0, 0.05) is 11.5 Å². The summed E-state index contributed by atoms with van der Waals surface area (Å²) in [4.78, 5) is 40.5. The lowest BCUT2D eigenvalue weighted by molar-refractivity contribution is -0.122. The van der Waals surface area contributed by atoms with Crippen LogP contribution in [0.3, 0.4) is 0 Å². The monoisotopic (exact) mass is 471 g/mol. The molecule has 1 aliphatic heterocycles. The first-order chi connectivity index (χ1) is 14.9. The van der Waals surface area contributed by atoms with E-state index in [1.807, 2.05) is 24.3 Å². The molecule has 3 aromatic carbocycles. The van der Waals surface area contributed by atoms with Crippen molar-refractivity contribution in [2.75, 3.05) is 4.90 Å². The first-order valence-corrected chi connectivity index (χ1v) is 11.1. The van der Waals surface area contributed by atoms with E-state index in [9.17, 15) is 14.4 Å². The molecule has 0 N–H and O–H groups in total. The molecule has 0 radical (unpaired) electrons. The van der Waals surface area contributed by atoms with E-state index in [1.54, 1.807) is 24.3 Å². The topological polar surface area (TPSA) is 54.5 Å². The lowest BCUT2D eigenvalue weighted by atomic mass is 9.55. The second kappa shape index (κ2) is 6.24. The van der Waals surface area contributed by atoms with Crippen LogP contribution in [-0.2, 0) is 13.9 Å². The predicted octanol–water partition coefficient (Wildman–Crippen LogP) is 4.79. The van der Waals surface area contributed by atoms with E-state index < -0.39 is 16.2 Å². The molecule has 0 saturated carbocycles. The smallest absolute Gasteiger partial charge is 0.239 e. The summed E-state index contributed by atoms with van der Waals surface area (Å²) in [5, 5.41) is 0. The molecule has 152 valence electrons. The van der Waals surface area contributed by atoms with Crippen LogP contribution in [0, 0.1) is 11.8 Å². The van der Waals surface area contributed by atoms with Crippen molar-refractivity contribution in [3.8, 4) is 0 Å². The molecule has 2 amide bonds. The van der Waals surface area contributed by atoms with Gasteiger partial charge in [0.25, 0.3) is 0 Å². The fourth-order valence-electron chi connectivity index (χ4n) is 5.78. The standard InChI is InChI=1S/C26H18BrNO3/c1-14(29)15-10-12-16(13-11-15)28-24(30)22-21-17-6-2-4-8-19(17)26(27,23(22)25(28)31)20-9-5-3-7-18(20)21/h2-13,21-23H,1H3/t21?,22-,23+,26?/m1/s1. The molecule has 0 unspecified atom stereocenters. The largest absolute Gasteiger partial charge is 0.295 e. The van der Waals surface area contributed by atoms with Crippen LogP contribution in [0.15, 0.2) is 72.8 Å². The van der Waals surface area contributed by atoms with Crippen molar-refractivity contribution < 1.29 is 14.4 Å². The third kappa shape index (κ3) is 2.22. The molecule has 0 spiro atoms. The van der Waals surface area contributed by atoms with Crippen LogP contribution >= 0.6 is 15.9 Å². The van der Waals surface area contributed by atoms with Gasteiger partial charge < -0.3 is 0 Å². The summed E-state index contributed by atoms with van der Waals surface area (Å²) in [6, 6.07) is 22.9. The molecule has 0 aromatic heterocycles. The first-order valence-electron chi connectivity index (χ1n) is 10.3. The van der Waals surface area contributed by atoms with E-state index in [-0.39, 0.29) is 23.5 Å². The number of nitrogens with zero attached hydrogens (tertiary/aromatic N) is 1. The zero-order valence-corrected chi connectivity index (χ0v) is 18.3. The Kier molecular flexibility index (Phi) is 3.76. The molecular formula is C26H18BrNO3. The zero-order chi connectivity index (χ0) is 21.5. The van der Waals surface area contributed by atoms with E-state index in [1.165, 1.54) is 11.8 Å². The molecule has 5 heteroatoms. The number of alkyl halides is 1. The summed E-state index contributed by atoms with van der Waals surface area (Å²) in [6.45, 7) is 1.50. The van der Waals surface area contributed by atoms with Crippen molar-refractivity contribution in [1.82, 2.24) is 0 Å². The Morgan fingerprint density at radius 2 is 1.39 bits per heavy atom. The van der Waals surface area contributed by atoms with Crippen molar-refractivity contribution in [1.29, 1.82) is 0 Å². The number of anilines is 1. The first kappa shape index (κ1) is 18.7. The van der Waals surface area contributed by atoms with Crippen LogP contribution in [0.1, 0.15) is 45.5 Å². The summed E-state index contributed by atoms with van der Waals surface area (Å²) in [5.41, 5.74) is 5.41. The highest BCUT2D eigenvalue weighted by Crippen LogP contribution is 2.66. The lowest BCUT2D eigenvalue weighted by Gasteiger charge is -2.51. The van der Waals surface area contributed by atoms with Gasteiger partial charge in [0.05, 0.1) is 21.8 Å². The molecule has 7 rings (SSSR count). The Bertz CT molecular complexity index is 1250. The average molecular weight is 472 g/mol. The number of halogens is 1. The van der Waals surface area contributed by atoms with Crippen molar-refractivity contribution in [3.63, 3.8) is 0 Å². The summed E-state index contributed by atoms with van der Waals surface area (Å²) < 4.78 is -0.750. The van der Waals surface area contributed by atoms with Crippen LogP contribution < -0.4 is 4.90 Å². The number of benzene rings is 3. The minimum absolute atomic E-state index is 0.0531. The third-order valence-electron chi connectivity index (χ3n) is 7.05. The van der Waals surface area contributed by atoms with Gasteiger partial charge in [-0.2, -0.15) is 0 Å². The molecule has 2 bridgehead atoms. The van der Waals surface area contributed by atoms with Crippen molar-refractivity contribution in [2.24, 2.45) is 11.8 Å². The highest BCUT2D eigenvalue weighted by atomic mass is 79.9. The Hall–Kier alpha value is -3.05. The third-order valence-corrected chi connectivity index (χ3v) is 8.39. The second-order valence-corrected chi connectivity index (χ2v) is 9.73. The van der Waals surface area contributed by atoms with Crippen LogP contribution in [0.4, 0.5) is 5.69 Å². The number of rotatable bonds is 2. The second-order valence-electron chi connectivity index (χ2n) is 8.48. The van der Waals surface area contributed by atoms with Gasteiger partial charge in [-0.05, 0) is 53.4 Å². The van der Waals surface area contributed by atoms with Gasteiger partial charge in [-0.25, -0.2) is 4.90 Å². The number of ketones is 1. The SMILES string of the molecule is CC(=O)c1ccc(N2C(=O)[C@@H]3C4c5ccccc5C(Br)(c5ccccc54)[C@@H]3C2=O)cc1. The van der Waals surface area contributed by atoms with Gasteiger partial charge in [0.1, 0.15) is 0 Å². The number of amides is 2. The van der Waals surface area contributed by atoms with Gasteiger partial charge in [-0.3, -0.25) is 14.4 Å². The summed E-state index contributed by atoms with van der Waals surface area (Å²) in [6.07, 6.45) is 0. The summed E-state index contributed by atoms with van der Waals surface area (Å²) >= 11 is 3.99. The van der Waals surface area contributed by atoms with Crippen LogP contribution in [0.25, 0.3) is 0 Å². The number of hydrogen-bond acceptors (Lipinski definition) is 3. The fraction of sp³-hybridized carbons (Fsp3) is 0.192. The maximum atomic E-state index is 13.8. The van der Waals surface area contributed by atoms with Crippen LogP contribution in [-0.4, -0.2) is 17.6 Å². The molecule has 3 aromatic rings. The van der Waals surface area contributed by atoms with Crippen molar-refractivity contribution >= 4 is 39.2 Å². The number of hydrogen-bond donors (Lipinski definition) is 0. The number of imide groups is 1. The van der Waals surface area contributed by atoms with Gasteiger partial charge >= 0.3 is 0 Å². The zero-order valence-electron chi connectivity index (χ0n) is 16.7. The van der Waals surface area contributed by atoms with Crippen LogP contribution in [0.2, 0.25) is 0 Å². The average Bonchev–Trinajstić information content (AvgIpc) is 3.06. The van der Waals surface area contributed by atoms with Gasteiger partial charge in [-0.1, -0.05) is 64.5 Å². The molecule has 3 aliphatic carbocycles. The highest BCUT2D eigenvalue weighted by molar-refractivity contribution is 9.09.